The predicted molar refractivity (Wildman–Crippen MR) is 61.9 cm³/mol. The van der Waals surface area contributed by atoms with Gasteiger partial charge in [0.1, 0.15) is 5.60 Å². The third kappa shape index (κ3) is 1.93. The minimum atomic E-state index is -1.15. The summed E-state index contributed by atoms with van der Waals surface area (Å²) in [7, 11) is 0. The average molecular weight is 259 g/mol. The van der Waals surface area contributed by atoms with Crippen molar-refractivity contribution < 1.29 is 15.0 Å². The fourth-order valence-corrected chi connectivity index (χ4v) is 2.60. The summed E-state index contributed by atoms with van der Waals surface area (Å²) in [6.45, 7) is 3.87. The third-order valence-electron chi connectivity index (χ3n) is 3.20. The van der Waals surface area contributed by atoms with E-state index in [1.807, 2.05) is 13.8 Å². The zero-order chi connectivity index (χ0) is 12.8. The van der Waals surface area contributed by atoms with Crippen LogP contribution >= 0.6 is 11.6 Å². The Balaban J connectivity index is 2.29. The van der Waals surface area contributed by atoms with Gasteiger partial charge in [0.15, 0.2) is 0 Å². The number of carbonyl (C=O) groups is 1. The molecule has 0 spiro atoms. The second-order valence-electron chi connectivity index (χ2n) is 4.85. The first-order valence-corrected chi connectivity index (χ1v) is 5.91. The van der Waals surface area contributed by atoms with Crippen LogP contribution in [0, 0.1) is 5.92 Å². The number of aliphatic hydroxyl groups is 1. The first-order chi connectivity index (χ1) is 7.85. The van der Waals surface area contributed by atoms with Crippen LogP contribution in [0.2, 0.25) is 5.02 Å². The van der Waals surface area contributed by atoms with E-state index in [9.17, 15) is 9.90 Å². The SMILES string of the molecule is CC(C)n1ncc(Cl)c1C1(O)CC(C(=O)O)C1. The van der Waals surface area contributed by atoms with E-state index in [-0.39, 0.29) is 18.9 Å². The lowest BCUT2D eigenvalue weighted by Crippen LogP contribution is -2.46. The summed E-state index contributed by atoms with van der Waals surface area (Å²) in [4.78, 5) is 10.8. The van der Waals surface area contributed by atoms with Gasteiger partial charge in [-0.1, -0.05) is 11.6 Å². The van der Waals surface area contributed by atoms with Crippen molar-refractivity contribution in [2.75, 3.05) is 0 Å². The molecule has 0 radical (unpaired) electrons. The van der Waals surface area contributed by atoms with Gasteiger partial charge in [0.05, 0.1) is 22.8 Å². The Kier molecular flexibility index (Phi) is 2.91. The van der Waals surface area contributed by atoms with Crippen molar-refractivity contribution in [3.8, 4) is 0 Å². The fraction of sp³-hybridized carbons (Fsp3) is 0.636. The van der Waals surface area contributed by atoms with Gasteiger partial charge in [-0.3, -0.25) is 9.48 Å². The molecule has 0 amide bonds. The lowest BCUT2D eigenvalue weighted by Gasteiger charge is -2.42. The molecule has 17 heavy (non-hydrogen) atoms. The molecule has 1 aromatic heterocycles. The highest BCUT2D eigenvalue weighted by atomic mass is 35.5. The van der Waals surface area contributed by atoms with Gasteiger partial charge in [-0.25, -0.2) is 0 Å². The molecule has 1 aliphatic carbocycles. The zero-order valence-electron chi connectivity index (χ0n) is 9.72. The van der Waals surface area contributed by atoms with Crippen molar-refractivity contribution in [1.82, 2.24) is 9.78 Å². The van der Waals surface area contributed by atoms with Gasteiger partial charge in [0.2, 0.25) is 0 Å². The molecule has 0 saturated heterocycles. The third-order valence-corrected chi connectivity index (χ3v) is 3.47. The highest BCUT2D eigenvalue weighted by molar-refractivity contribution is 6.31. The minimum absolute atomic E-state index is 0.0744. The number of carboxylic acid groups (broad SMARTS) is 1. The van der Waals surface area contributed by atoms with Crippen LogP contribution in [0.3, 0.4) is 0 Å². The van der Waals surface area contributed by atoms with Crippen LogP contribution in [0.25, 0.3) is 0 Å². The number of hydrogen-bond acceptors (Lipinski definition) is 3. The maximum absolute atomic E-state index is 10.8. The molecule has 5 nitrogen and oxygen atoms in total. The zero-order valence-corrected chi connectivity index (χ0v) is 10.5. The molecule has 1 heterocycles. The molecule has 0 aliphatic heterocycles. The Morgan fingerprint density at radius 1 is 1.65 bits per heavy atom. The van der Waals surface area contributed by atoms with Crippen molar-refractivity contribution in [1.29, 1.82) is 0 Å². The number of aliphatic carboxylic acids is 1. The van der Waals surface area contributed by atoms with Crippen LogP contribution in [-0.2, 0) is 10.4 Å². The Morgan fingerprint density at radius 2 is 2.24 bits per heavy atom. The molecule has 0 bridgehead atoms. The largest absolute Gasteiger partial charge is 0.481 e. The van der Waals surface area contributed by atoms with E-state index in [2.05, 4.69) is 5.10 Å². The van der Waals surface area contributed by atoms with E-state index in [1.54, 1.807) is 4.68 Å². The second kappa shape index (κ2) is 3.99. The molecule has 1 aliphatic rings. The standard InChI is InChI=1S/C11H15ClN2O3/c1-6(2)14-9(8(12)5-13-14)11(17)3-7(4-11)10(15)16/h5-7,17H,3-4H2,1-2H3,(H,15,16). The number of aromatic nitrogens is 2. The highest BCUT2D eigenvalue weighted by Crippen LogP contribution is 2.48. The van der Waals surface area contributed by atoms with E-state index in [0.717, 1.165) is 0 Å². The van der Waals surface area contributed by atoms with Gasteiger partial charge in [-0.15, -0.1) is 0 Å². The van der Waals surface area contributed by atoms with Gasteiger partial charge < -0.3 is 10.2 Å². The fourth-order valence-electron chi connectivity index (χ4n) is 2.29. The topological polar surface area (TPSA) is 75.3 Å². The summed E-state index contributed by atoms with van der Waals surface area (Å²) >= 11 is 6.02. The van der Waals surface area contributed by atoms with Crippen LogP contribution < -0.4 is 0 Å². The van der Waals surface area contributed by atoms with Crippen LogP contribution in [0.5, 0.6) is 0 Å². The lowest BCUT2D eigenvalue weighted by atomic mass is 9.69. The summed E-state index contributed by atoms with van der Waals surface area (Å²) in [6.07, 6.45) is 1.88. The first kappa shape index (κ1) is 12.4. The van der Waals surface area contributed by atoms with E-state index >= 15 is 0 Å². The monoisotopic (exact) mass is 258 g/mol. The lowest BCUT2D eigenvalue weighted by molar-refractivity contribution is -0.160. The van der Waals surface area contributed by atoms with Crippen LogP contribution in [0.15, 0.2) is 6.20 Å². The minimum Gasteiger partial charge on any atom is -0.481 e. The summed E-state index contributed by atoms with van der Waals surface area (Å²) in [5.41, 5.74) is -0.618. The van der Waals surface area contributed by atoms with Gasteiger partial charge in [-0.2, -0.15) is 5.10 Å². The average Bonchev–Trinajstić information content (AvgIpc) is 2.55. The number of nitrogens with zero attached hydrogens (tertiary/aromatic N) is 2. The van der Waals surface area contributed by atoms with Crippen LogP contribution in [0.1, 0.15) is 38.4 Å². The van der Waals surface area contributed by atoms with Crippen molar-refractivity contribution >= 4 is 17.6 Å². The molecule has 94 valence electrons. The molecule has 0 aromatic carbocycles. The molecule has 1 aromatic rings. The van der Waals surface area contributed by atoms with Gasteiger partial charge >= 0.3 is 5.97 Å². The van der Waals surface area contributed by atoms with Crippen LogP contribution in [0.4, 0.5) is 0 Å². The van der Waals surface area contributed by atoms with E-state index in [4.69, 9.17) is 16.7 Å². The van der Waals surface area contributed by atoms with E-state index < -0.39 is 17.5 Å². The second-order valence-corrected chi connectivity index (χ2v) is 5.26. The Morgan fingerprint density at radius 3 is 2.71 bits per heavy atom. The summed E-state index contributed by atoms with van der Waals surface area (Å²) in [5.74, 6) is -1.37. The summed E-state index contributed by atoms with van der Waals surface area (Å²) < 4.78 is 1.65. The van der Waals surface area contributed by atoms with Gasteiger partial charge in [0.25, 0.3) is 0 Å². The van der Waals surface area contributed by atoms with Gasteiger partial charge in [0, 0.05) is 6.04 Å². The molecule has 1 fully saturated rings. The molecular formula is C11H15ClN2O3. The van der Waals surface area contributed by atoms with Crippen molar-refractivity contribution in [2.45, 2.75) is 38.3 Å². The normalized spacial score (nSPS) is 28.2. The van der Waals surface area contributed by atoms with Crippen molar-refractivity contribution in [2.24, 2.45) is 5.92 Å². The van der Waals surface area contributed by atoms with Gasteiger partial charge in [-0.05, 0) is 26.7 Å². The van der Waals surface area contributed by atoms with Crippen molar-refractivity contribution in [3.05, 3.63) is 16.9 Å². The first-order valence-electron chi connectivity index (χ1n) is 5.54. The molecular weight excluding hydrogens is 244 g/mol. The molecule has 2 rings (SSSR count). The number of rotatable bonds is 3. The summed E-state index contributed by atoms with van der Waals surface area (Å²) in [6, 6.07) is 0.0744. The number of halogens is 1. The van der Waals surface area contributed by atoms with Crippen molar-refractivity contribution in [3.63, 3.8) is 0 Å². The van der Waals surface area contributed by atoms with Crippen LogP contribution in [-0.4, -0.2) is 26.0 Å². The smallest absolute Gasteiger partial charge is 0.306 e. The Labute approximate surface area is 104 Å². The Bertz CT molecular complexity index is 450. The number of carboxylic acids is 1. The highest BCUT2D eigenvalue weighted by Gasteiger charge is 2.50. The molecule has 2 N–H and O–H groups in total. The van der Waals surface area contributed by atoms with E-state index in [0.29, 0.717) is 10.7 Å². The molecule has 0 atom stereocenters. The number of hydrogen-bond donors (Lipinski definition) is 2. The molecule has 6 heteroatoms. The summed E-state index contributed by atoms with van der Waals surface area (Å²) in [5, 5.41) is 23.7. The predicted octanol–water partition coefficient (Wildman–Crippen LogP) is 1.80. The molecule has 1 saturated carbocycles. The maximum Gasteiger partial charge on any atom is 0.306 e. The maximum atomic E-state index is 10.8. The molecule has 0 unspecified atom stereocenters. The van der Waals surface area contributed by atoms with E-state index in [1.165, 1.54) is 6.20 Å². The quantitative estimate of drug-likeness (QED) is 0.867. The Hall–Kier alpha value is -1.07.